The van der Waals surface area contributed by atoms with Gasteiger partial charge < -0.3 is 5.32 Å². The van der Waals surface area contributed by atoms with Gasteiger partial charge in [-0.15, -0.1) is 0 Å². The summed E-state index contributed by atoms with van der Waals surface area (Å²) in [6, 6.07) is 6.54. The van der Waals surface area contributed by atoms with E-state index in [-0.39, 0.29) is 5.91 Å². The number of benzene rings is 1. The van der Waals surface area contributed by atoms with Gasteiger partial charge in [0.2, 0.25) is 0 Å². The summed E-state index contributed by atoms with van der Waals surface area (Å²) < 4.78 is 1.64. The molecule has 22 heavy (non-hydrogen) atoms. The molecule has 1 amide bonds. The summed E-state index contributed by atoms with van der Waals surface area (Å²) in [7, 11) is 0. The molecular formula is C15H12Cl2N4O. The molecule has 2 heterocycles. The average Bonchev–Trinajstić information content (AvgIpc) is 2.78. The highest BCUT2D eigenvalue weighted by atomic mass is 35.5. The predicted octanol–water partition coefficient (Wildman–Crippen LogP) is 3.91. The summed E-state index contributed by atoms with van der Waals surface area (Å²) in [5, 5.41) is 7.89. The first-order valence-corrected chi connectivity index (χ1v) is 7.29. The minimum absolute atomic E-state index is 0.292. The Morgan fingerprint density at radius 1 is 1.14 bits per heavy atom. The molecule has 112 valence electrons. The molecule has 0 bridgehead atoms. The molecule has 1 N–H and O–H groups in total. The molecule has 0 spiro atoms. The Labute approximate surface area is 136 Å². The molecular weight excluding hydrogens is 323 g/mol. The van der Waals surface area contributed by atoms with Gasteiger partial charge in [-0.2, -0.15) is 5.10 Å². The zero-order valence-electron chi connectivity index (χ0n) is 11.9. The number of aromatic nitrogens is 3. The van der Waals surface area contributed by atoms with E-state index in [2.05, 4.69) is 15.4 Å². The Morgan fingerprint density at radius 3 is 2.50 bits per heavy atom. The lowest BCUT2D eigenvalue weighted by molar-refractivity contribution is 0.102. The summed E-state index contributed by atoms with van der Waals surface area (Å²) in [5.41, 5.74) is 2.70. The standard InChI is InChI=1S/C15H12Cl2N4O/c1-8-3-13(7-21-14(8)18-9(2)20-21)19-15(22)10-4-11(16)6-12(17)5-10/h3-7H,1-2H3,(H,19,22). The van der Waals surface area contributed by atoms with Crippen molar-refractivity contribution < 1.29 is 4.79 Å². The Bertz CT molecular complexity index is 868. The molecule has 0 aliphatic rings. The van der Waals surface area contributed by atoms with Crippen LogP contribution in [0, 0.1) is 13.8 Å². The molecule has 0 aliphatic carbocycles. The minimum atomic E-state index is -0.292. The van der Waals surface area contributed by atoms with Gasteiger partial charge >= 0.3 is 0 Å². The number of halogens is 2. The van der Waals surface area contributed by atoms with Crippen LogP contribution in [0.4, 0.5) is 5.69 Å². The molecule has 0 unspecified atom stereocenters. The van der Waals surface area contributed by atoms with Crippen molar-refractivity contribution in [2.75, 3.05) is 5.32 Å². The quantitative estimate of drug-likeness (QED) is 0.772. The summed E-state index contributed by atoms with van der Waals surface area (Å²) in [4.78, 5) is 16.6. The number of rotatable bonds is 2. The van der Waals surface area contributed by atoms with Crippen LogP contribution in [-0.4, -0.2) is 20.5 Å². The first-order valence-electron chi connectivity index (χ1n) is 6.53. The van der Waals surface area contributed by atoms with Gasteiger partial charge in [0, 0.05) is 15.6 Å². The Morgan fingerprint density at radius 2 is 1.82 bits per heavy atom. The van der Waals surface area contributed by atoms with Crippen molar-refractivity contribution in [1.82, 2.24) is 14.6 Å². The van der Waals surface area contributed by atoms with Crippen molar-refractivity contribution in [2.45, 2.75) is 13.8 Å². The van der Waals surface area contributed by atoms with Crippen molar-refractivity contribution in [1.29, 1.82) is 0 Å². The van der Waals surface area contributed by atoms with Gasteiger partial charge in [-0.25, -0.2) is 9.50 Å². The van der Waals surface area contributed by atoms with Crippen LogP contribution in [0.15, 0.2) is 30.5 Å². The third kappa shape index (κ3) is 2.91. The first kappa shape index (κ1) is 14.8. The monoisotopic (exact) mass is 334 g/mol. The molecule has 0 saturated carbocycles. The van der Waals surface area contributed by atoms with Crippen LogP contribution in [0.1, 0.15) is 21.7 Å². The molecule has 0 aliphatic heterocycles. The van der Waals surface area contributed by atoms with E-state index in [1.54, 1.807) is 28.9 Å². The van der Waals surface area contributed by atoms with Gasteiger partial charge in [0.05, 0.1) is 11.9 Å². The SMILES string of the molecule is Cc1nc2c(C)cc(NC(=O)c3cc(Cl)cc(Cl)c3)cn2n1. The van der Waals surface area contributed by atoms with E-state index >= 15 is 0 Å². The van der Waals surface area contributed by atoms with E-state index in [4.69, 9.17) is 23.2 Å². The van der Waals surface area contributed by atoms with Crippen molar-refractivity contribution >= 4 is 40.4 Å². The number of hydrogen-bond acceptors (Lipinski definition) is 3. The zero-order chi connectivity index (χ0) is 15.9. The number of anilines is 1. The number of pyridine rings is 1. The van der Waals surface area contributed by atoms with Crippen LogP contribution in [0.25, 0.3) is 5.65 Å². The topological polar surface area (TPSA) is 59.3 Å². The van der Waals surface area contributed by atoms with Crippen LogP contribution in [0.3, 0.4) is 0 Å². The van der Waals surface area contributed by atoms with Crippen molar-refractivity contribution in [3.05, 3.63) is 57.5 Å². The lowest BCUT2D eigenvalue weighted by atomic mass is 10.2. The Kier molecular flexibility index (Phi) is 3.76. The maximum absolute atomic E-state index is 12.3. The molecule has 1 aromatic carbocycles. The number of carbonyl (C=O) groups is 1. The van der Waals surface area contributed by atoms with Crippen LogP contribution < -0.4 is 5.32 Å². The molecule has 2 aromatic heterocycles. The van der Waals surface area contributed by atoms with Crippen LogP contribution >= 0.6 is 23.2 Å². The van der Waals surface area contributed by atoms with Crippen LogP contribution in [-0.2, 0) is 0 Å². The fraction of sp³-hybridized carbons (Fsp3) is 0.133. The normalized spacial score (nSPS) is 10.9. The Hall–Kier alpha value is -2.11. The van der Waals surface area contributed by atoms with Gasteiger partial charge in [-0.3, -0.25) is 4.79 Å². The largest absolute Gasteiger partial charge is 0.321 e. The summed E-state index contributed by atoms with van der Waals surface area (Å²) >= 11 is 11.8. The number of carbonyl (C=O) groups excluding carboxylic acids is 1. The van der Waals surface area contributed by atoms with Gasteiger partial charge in [-0.05, 0) is 43.7 Å². The van der Waals surface area contributed by atoms with Gasteiger partial charge in [0.1, 0.15) is 5.82 Å². The zero-order valence-corrected chi connectivity index (χ0v) is 13.4. The van der Waals surface area contributed by atoms with Gasteiger partial charge in [-0.1, -0.05) is 23.2 Å². The second-order valence-electron chi connectivity index (χ2n) is 4.95. The highest BCUT2D eigenvalue weighted by Crippen LogP contribution is 2.21. The molecule has 3 aromatic rings. The van der Waals surface area contributed by atoms with E-state index in [1.165, 1.54) is 0 Å². The smallest absolute Gasteiger partial charge is 0.255 e. The van der Waals surface area contributed by atoms with Crippen molar-refractivity contribution in [3.8, 4) is 0 Å². The van der Waals surface area contributed by atoms with Crippen molar-refractivity contribution in [2.24, 2.45) is 0 Å². The molecule has 0 radical (unpaired) electrons. The predicted molar refractivity (Wildman–Crippen MR) is 86.9 cm³/mol. The lowest BCUT2D eigenvalue weighted by Gasteiger charge is -2.08. The molecule has 0 atom stereocenters. The van der Waals surface area contributed by atoms with E-state index in [1.807, 2.05) is 19.9 Å². The molecule has 7 heteroatoms. The molecule has 0 saturated heterocycles. The number of nitrogens with one attached hydrogen (secondary N) is 1. The van der Waals surface area contributed by atoms with E-state index < -0.39 is 0 Å². The number of aryl methyl sites for hydroxylation is 2. The maximum atomic E-state index is 12.3. The van der Waals surface area contributed by atoms with E-state index in [0.717, 1.165) is 11.2 Å². The van der Waals surface area contributed by atoms with Gasteiger partial charge in [0.25, 0.3) is 5.91 Å². The Balaban J connectivity index is 1.93. The highest BCUT2D eigenvalue weighted by molar-refractivity contribution is 6.35. The fourth-order valence-electron chi connectivity index (χ4n) is 2.21. The summed E-state index contributed by atoms with van der Waals surface area (Å²) in [5.74, 6) is 0.383. The maximum Gasteiger partial charge on any atom is 0.255 e. The third-order valence-electron chi connectivity index (χ3n) is 3.11. The van der Waals surface area contributed by atoms with E-state index in [0.29, 0.717) is 27.1 Å². The van der Waals surface area contributed by atoms with E-state index in [9.17, 15) is 4.79 Å². The molecule has 3 rings (SSSR count). The third-order valence-corrected chi connectivity index (χ3v) is 3.54. The number of amides is 1. The second kappa shape index (κ2) is 5.59. The van der Waals surface area contributed by atoms with Gasteiger partial charge in [0.15, 0.2) is 5.65 Å². The number of nitrogens with zero attached hydrogens (tertiary/aromatic N) is 3. The average molecular weight is 335 g/mol. The second-order valence-corrected chi connectivity index (χ2v) is 5.82. The number of hydrogen-bond donors (Lipinski definition) is 1. The lowest BCUT2D eigenvalue weighted by Crippen LogP contribution is -2.12. The molecule has 5 nitrogen and oxygen atoms in total. The van der Waals surface area contributed by atoms with Crippen LogP contribution in [0.2, 0.25) is 10.0 Å². The summed E-state index contributed by atoms with van der Waals surface area (Å²) in [6.07, 6.45) is 1.71. The van der Waals surface area contributed by atoms with Crippen LogP contribution in [0.5, 0.6) is 0 Å². The summed E-state index contributed by atoms with van der Waals surface area (Å²) in [6.45, 7) is 3.73. The number of fused-ring (bicyclic) bond motifs is 1. The molecule has 0 fully saturated rings. The fourth-order valence-corrected chi connectivity index (χ4v) is 2.74. The van der Waals surface area contributed by atoms with Crippen molar-refractivity contribution in [3.63, 3.8) is 0 Å². The first-order chi connectivity index (χ1) is 10.4. The highest BCUT2D eigenvalue weighted by Gasteiger charge is 2.11. The minimum Gasteiger partial charge on any atom is -0.321 e.